The molecule has 2 aromatic rings. The van der Waals surface area contributed by atoms with Crippen LogP contribution in [0.4, 0.5) is 18.9 Å². The highest BCUT2D eigenvalue weighted by molar-refractivity contribution is 6.09. The minimum Gasteiger partial charge on any atom is -0.454 e. The molecule has 26 heavy (non-hydrogen) atoms. The number of hydrogen-bond acceptors (Lipinski definition) is 5. The minimum atomic E-state index is -4.87. The van der Waals surface area contributed by atoms with Crippen molar-refractivity contribution in [3.05, 3.63) is 47.5 Å². The van der Waals surface area contributed by atoms with Crippen LogP contribution in [0.3, 0.4) is 0 Å². The average molecular weight is 367 g/mol. The molecule has 1 aliphatic heterocycles. The van der Waals surface area contributed by atoms with Gasteiger partial charge < -0.3 is 19.5 Å². The summed E-state index contributed by atoms with van der Waals surface area (Å²) in [5, 5.41) is 2.50. The molecule has 1 aliphatic rings. The molecule has 2 aromatic carbocycles. The Morgan fingerprint density at radius 1 is 1.12 bits per heavy atom. The van der Waals surface area contributed by atoms with Crippen molar-refractivity contribution in [2.75, 3.05) is 12.1 Å². The number of Topliss-reactive ketones (excluding diaryl/α,β-unsaturated/α-hetero) is 1. The molecule has 0 radical (unpaired) electrons. The summed E-state index contributed by atoms with van der Waals surface area (Å²) >= 11 is 0. The summed E-state index contributed by atoms with van der Waals surface area (Å²) in [4.78, 5) is 24.2. The molecular weight excluding hydrogens is 355 g/mol. The SMILES string of the molecule is CC(=O)c1cc2c(cc1NC(=O)c1cccc(OC(F)(F)F)c1)OCO2. The van der Waals surface area contributed by atoms with Gasteiger partial charge in [-0.15, -0.1) is 13.2 Å². The van der Waals surface area contributed by atoms with Gasteiger partial charge in [-0.1, -0.05) is 6.07 Å². The molecule has 0 unspecified atom stereocenters. The lowest BCUT2D eigenvalue weighted by Crippen LogP contribution is -2.18. The summed E-state index contributed by atoms with van der Waals surface area (Å²) in [5.41, 5.74) is 0.276. The Morgan fingerprint density at radius 3 is 2.46 bits per heavy atom. The lowest BCUT2D eigenvalue weighted by molar-refractivity contribution is -0.274. The van der Waals surface area contributed by atoms with Crippen LogP contribution in [0.1, 0.15) is 27.6 Å². The molecule has 0 atom stereocenters. The molecule has 0 saturated heterocycles. The zero-order valence-corrected chi connectivity index (χ0v) is 13.3. The van der Waals surface area contributed by atoms with Crippen LogP contribution in [0, 0.1) is 0 Å². The van der Waals surface area contributed by atoms with E-state index >= 15 is 0 Å². The molecule has 0 spiro atoms. The van der Waals surface area contributed by atoms with Crippen molar-refractivity contribution >= 4 is 17.4 Å². The topological polar surface area (TPSA) is 73.9 Å². The first-order valence-corrected chi connectivity index (χ1v) is 7.35. The van der Waals surface area contributed by atoms with Crippen molar-refractivity contribution in [2.24, 2.45) is 0 Å². The Balaban J connectivity index is 1.87. The Labute approximate surface area is 145 Å². The largest absolute Gasteiger partial charge is 0.573 e. The number of anilines is 1. The number of rotatable bonds is 4. The van der Waals surface area contributed by atoms with E-state index in [1.807, 2.05) is 0 Å². The Morgan fingerprint density at radius 2 is 1.81 bits per heavy atom. The molecule has 0 aromatic heterocycles. The second-order valence-corrected chi connectivity index (χ2v) is 5.34. The molecule has 0 saturated carbocycles. The van der Waals surface area contributed by atoms with E-state index in [-0.39, 0.29) is 29.4 Å². The molecular formula is C17H12F3NO5. The van der Waals surface area contributed by atoms with Gasteiger partial charge in [0.25, 0.3) is 5.91 Å². The number of benzene rings is 2. The summed E-state index contributed by atoms with van der Waals surface area (Å²) < 4.78 is 51.1. The number of amides is 1. The summed E-state index contributed by atoms with van der Waals surface area (Å²) in [7, 11) is 0. The Kier molecular flexibility index (Phi) is 4.45. The molecule has 0 bridgehead atoms. The van der Waals surface area contributed by atoms with Crippen LogP contribution in [-0.2, 0) is 0 Å². The van der Waals surface area contributed by atoms with E-state index in [2.05, 4.69) is 10.1 Å². The molecule has 9 heteroatoms. The van der Waals surface area contributed by atoms with Gasteiger partial charge in [0, 0.05) is 17.2 Å². The highest BCUT2D eigenvalue weighted by Crippen LogP contribution is 2.37. The van der Waals surface area contributed by atoms with Gasteiger partial charge in [-0.05, 0) is 31.2 Å². The van der Waals surface area contributed by atoms with Gasteiger partial charge >= 0.3 is 6.36 Å². The highest BCUT2D eigenvalue weighted by Gasteiger charge is 2.31. The second kappa shape index (κ2) is 6.58. The van der Waals surface area contributed by atoms with E-state index in [0.717, 1.165) is 12.1 Å². The quantitative estimate of drug-likeness (QED) is 0.833. The van der Waals surface area contributed by atoms with Crippen molar-refractivity contribution in [1.82, 2.24) is 0 Å². The van der Waals surface area contributed by atoms with Gasteiger partial charge in [-0.3, -0.25) is 9.59 Å². The molecule has 6 nitrogen and oxygen atoms in total. The van der Waals surface area contributed by atoms with Crippen molar-refractivity contribution in [1.29, 1.82) is 0 Å². The number of halogens is 3. The monoisotopic (exact) mass is 367 g/mol. The maximum Gasteiger partial charge on any atom is 0.573 e. The van der Waals surface area contributed by atoms with Gasteiger partial charge in [-0.2, -0.15) is 0 Å². The predicted octanol–water partition coefficient (Wildman–Crippen LogP) is 3.77. The fraction of sp³-hybridized carbons (Fsp3) is 0.176. The summed E-state index contributed by atoms with van der Waals surface area (Å²) in [6.45, 7) is 1.30. The number of carbonyl (C=O) groups excluding carboxylic acids is 2. The fourth-order valence-corrected chi connectivity index (χ4v) is 2.37. The van der Waals surface area contributed by atoms with E-state index in [9.17, 15) is 22.8 Å². The summed E-state index contributed by atoms with van der Waals surface area (Å²) in [6, 6.07) is 7.45. The standard InChI is InChI=1S/C17H12F3NO5/c1-9(22)12-6-14-15(25-8-24-14)7-13(12)21-16(23)10-3-2-4-11(5-10)26-17(18,19)20/h2-7H,8H2,1H3,(H,21,23). The number of alkyl halides is 3. The second-order valence-electron chi connectivity index (χ2n) is 5.34. The van der Waals surface area contributed by atoms with Crippen LogP contribution in [0.2, 0.25) is 0 Å². The first-order valence-electron chi connectivity index (χ1n) is 7.35. The number of fused-ring (bicyclic) bond motifs is 1. The maximum absolute atomic E-state index is 12.4. The van der Waals surface area contributed by atoms with Crippen molar-refractivity contribution in [2.45, 2.75) is 13.3 Å². The first-order chi connectivity index (χ1) is 12.2. The van der Waals surface area contributed by atoms with Crippen molar-refractivity contribution in [3.63, 3.8) is 0 Å². The molecule has 3 rings (SSSR count). The van der Waals surface area contributed by atoms with Gasteiger partial charge in [0.05, 0.1) is 5.69 Å². The third-order valence-electron chi connectivity index (χ3n) is 3.47. The van der Waals surface area contributed by atoms with Crippen LogP contribution < -0.4 is 19.5 Å². The van der Waals surface area contributed by atoms with Crippen LogP contribution in [0.25, 0.3) is 0 Å². The van der Waals surface area contributed by atoms with Crippen LogP contribution >= 0.6 is 0 Å². The van der Waals surface area contributed by atoms with E-state index in [0.29, 0.717) is 11.5 Å². The van der Waals surface area contributed by atoms with Crippen LogP contribution in [0.5, 0.6) is 17.2 Å². The molecule has 136 valence electrons. The van der Waals surface area contributed by atoms with Gasteiger partial charge in [0.1, 0.15) is 5.75 Å². The van der Waals surface area contributed by atoms with E-state index < -0.39 is 18.0 Å². The predicted molar refractivity (Wildman–Crippen MR) is 83.6 cm³/mol. The van der Waals surface area contributed by atoms with Gasteiger partial charge in [-0.25, -0.2) is 0 Å². The zero-order chi connectivity index (χ0) is 18.9. The van der Waals surface area contributed by atoms with E-state index in [1.54, 1.807) is 0 Å². The normalized spacial score (nSPS) is 12.6. The highest BCUT2D eigenvalue weighted by atomic mass is 19.4. The number of carbonyl (C=O) groups is 2. The van der Waals surface area contributed by atoms with E-state index in [4.69, 9.17) is 9.47 Å². The summed E-state index contributed by atoms with van der Waals surface area (Å²) in [5.74, 6) is -0.845. The molecule has 1 amide bonds. The van der Waals surface area contributed by atoms with Crippen LogP contribution in [0.15, 0.2) is 36.4 Å². The maximum atomic E-state index is 12.4. The number of ether oxygens (including phenoxy) is 3. The molecule has 0 fully saturated rings. The lowest BCUT2D eigenvalue weighted by Gasteiger charge is -2.12. The summed E-state index contributed by atoms with van der Waals surface area (Å²) in [6.07, 6.45) is -4.87. The number of ketones is 1. The number of nitrogens with one attached hydrogen (secondary N) is 1. The molecule has 1 heterocycles. The molecule has 1 N–H and O–H groups in total. The average Bonchev–Trinajstić information content (AvgIpc) is 2.99. The number of hydrogen-bond donors (Lipinski definition) is 1. The van der Waals surface area contributed by atoms with Gasteiger partial charge in [0.2, 0.25) is 6.79 Å². The third-order valence-corrected chi connectivity index (χ3v) is 3.47. The zero-order valence-electron chi connectivity index (χ0n) is 13.3. The van der Waals surface area contributed by atoms with Gasteiger partial charge in [0.15, 0.2) is 17.3 Å². The first kappa shape index (κ1) is 17.6. The third kappa shape index (κ3) is 3.88. The van der Waals surface area contributed by atoms with Crippen LogP contribution in [-0.4, -0.2) is 24.8 Å². The lowest BCUT2D eigenvalue weighted by atomic mass is 10.1. The minimum absolute atomic E-state index is 0.0130. The van der Waals surface area contributed by atoms with Crippen molar-refractivity contribution < 1.29 is 37.0 Å². The van der Waals surface area contributed by atoms with Crippen molar-refractivity contribution in [3.8, 4) is 17.2 Å². The van der Waals surface area contributed by atoms with E-state index in [1.165, 1.54) is 31.2 Å². The Hall–Kier alpha value is -3.23. The molecule has 0 aliphatic carbocycles. The smallest absolute Gasteiger partial charge is 0.454 e. The Bertz CT molecular complexity index is 879. The fourth-order valence-electron chi connectivity index (χ4n) is 2.37.